The van der Waals surface area contributed by atoms with Gasteiger partial charge in [-0.05, 0) is 45.6 Å². The lowest BCUT2D eigenvalue weighted by atomic mass is 10.1. The lowest BCUT2D eigenvalue weighted by Gasteiger charge is -2.22. The third-order valence-electron chi connectivity index (χ3n) is 3.73. The van der Waals surface area contributed by atoms with E-state index in [0.29, 0.717) is 0 Å². The zero-order valence-corrected chi connectivity index (χ0v) is 11.8. The van der Waals surface area contributed by atoms with Crippen molar-refractivity contribution in [2.45, 2.75) is 51.6 Å². The van der Waals surface area contributed by atoms with Crippen LogP contribution < -0.4 is 5.32 Å². The monoisotopic (exact) mass is 243 g/mol. The fraction of sp³-hybridized carbons (Fsp3) is 1.00. The summed E-state index contributed by atoms with van der Waals surface area (Å²) in [5, 5.41) is 3.48. The van der Waals surface area contributed by atoms with Gasteiger partial charge in [0, 0.05) is 20.3 Å². The first-order valence-electron chi connectivity index (χ1n) is 6.98. The number of methoxy groups -OCH3 is 1. The molecule has 1 fully saturated rings. The summed E-state index contributed by atoms with van der Waals surface area (Å²) in [5.74, 6) is 0.919. The third-order valence-corrected chi connectivity index (χ3v) is 3.73. The molecule has 0 aromatic heterocycles. The fourth-order valence-corrected chi connectivity index (χ4v) is 2.19. The molecule has 0 aromatic rings. The molecule has 1 saturated carbocycles. The van der Waals surface area contributed by atoms with Crippen molar-refractivity contribution in [3.63, 3.8) is 0 Å². The van der Waals surface area contributed by atoms with Crippen LogP contribution in [0, 0.1) is 5.92 Å². The highest BCUT2D eigenvalue weighted by molar-refractivity contribution is 4.69. The molecule has 3 heteroatoms. The van der Waals surface area contributed by atoms with E-state index in [4.69, 9.17) is 9.47 Å². The molecular formula is C14H29NO2. The fourth-order valence-electron chi connectivity index (χ4n) is 2.19. The Labute approximate surface area is 106 Å². The predicted molar refractivity (Wildman–Crippen MR) is 71.4 cm³/mol. The Balaban J connectivity index is 1.84. The molecule has 0 amide bonds. The van der Waals surface area contributed by atoms with Crippen molar-refractivity contribution >= 4 is 0 Å². The molecule has 1 N–H and O–H groups in total. The van der Waals surface area contributed by atoms with Crippen molar-refractivity contribution in [2.24, 2.45) is 5.92 Å². The standard InChI is InChI=1S/C14H29NO2/c1-14(2,16-3)8-10-17-11-9-15-12-13-6-4-5-7-13/h13,15H,4-12H2,1-3H3. The molecule has 0 aliphatic heterocycles. The average Bonchev–Trinajstić information content (AvgIpc) is 2.81. The lowest BCUT2D eigenvalue weighted by molar-refractivity contribution is -0.00938. The van der Waals surface area contributed by atoms with E-state index in [1.165, 1.54) is 32.2 Å². The minimum absolute atomic E-state index is 0.0583. The molecule has 0 spiro atoms. The van der Waals surface area contributed by atoms with Crippen LogP contribution in [0.3, 0.4) is 0 Å². The van der Waals surface area contributed by atoms with Crippen molar-refractivity contribution in [2.75, 3.05) is 33.4 Å². The molecule has 0 atom stereocenters. The summed E-state index contributed by atoms with van der Waals surface area (Å²) in [7, 11) is 1.75. The molecule has 0 radical (unpaired) electrons. The number of rotatable bonds is 9. The maximum Gasteiger partial charge on any atom is 0.0644 e. The SMILES string of the molecule is COC(C)(C)CCOCCNCC1CCCC1. The van der Waals surface area contributed by atoms with Crippen LogP contribution >= 0.6 is 0 Å². The minimum atomic E-state index is -0.0583. The van der Waals surface area contributed by atoms with Gasteiger partial charge in [0.2, 0.25) is 0 Å². The molecule has 1 rings (SSSR count). The summed E-state index contributed by atoms with van der Waals surface area (Å²) in [4.78, 5) is 0. The smallest absolute Gasteiger partial charge is 0.0644 e. The molecule has 17 heavy (non-hydrogen) atoms. The van der Waals surface area contributed by atoms with Crippen LogP contribution in [0.15, 0.2) is 0 Å². The van der Waals surface area contributed by atoms with Gasteiger partial charge in [-0.3, -0.25) is 0 Å². The normalized spacial score (nSPS) is 17.8. The van der Waals surface area contributed by atoms with E-state index in [2.05, 4.69) is 19.2 Å². The summed E-state index contributed by atoms with van der Waals surface area (Å²) in [5.41, 5.74) is -0.0583. The van der Waals surface area contributed by atoms with Crippen molar-refractivity contribution in [3.05, 3.63) is 0 Å². The lowest BCUT2D eigenvalue weighted by Crippen LogP contribution is -2.27. The Morgan fingerprint density at radius 3 is 2.53 bits per heavy atom. The maximum absolute atomic E-state index is 5.59. The Kier molecular flexibility index (Phi) is 7.09. The van der Waals surface area contributed by atoms with Crippen LogP contribution in [0.2, 0.25) is 0 Å². The van der Waals surface area contributed by atoms with E-state index >= 15 is 0 Å². The van der Waals surface area contributed by atoms with E-state index < -0.39 is 0 Å². The number of hydrogen-bond donors (Lipinski definition) is 1. The van der Waals surface area contributed by atoms with Gasteiger partial charge >= 0.3 is 0 Å². The van der Waals surface area contributed by atoms with Crippen LogP contribution in [0.4, 0.5) is 0 Å². The molecule has 0 heterocycles. The summed E-state index contributed by atoms with van der Waals surface area (Å²) in [6, 6.07) is 0. The van der Waals surface area contributed by atoms with Gasteiger partial charge in [-0.25, -0.2) is 0 Å². The highest BCUT2D eigenvalue weighted by atomic mass is 16.5. The zero-order chi connectivity index (χ0) is 12.6. The third kappa shape index (κ3) is 7.02. The number of nitrogens with one attached hydrogen (secondary N) is 1. The molecule has 1 aliphatic carbocycles. The second-order valence-corrected chi connectivity index (χ2v) is 5.68. The second-order valence-electron chi connectivity index (χ2n) is 5.68. The number of hydrogen-bond acceptors (Lipinski definition) is 3. The van der Waals surface area contributed by atoms with Gasteiger partial charge in [0.15, 0.2) is 0 Å². The highest BCUT2D eigenvalue weighted by Crippen LogP contribution is 2.23. The molecule has 0 unspecified atom stereocenters. The van der Waals surface area contributed by atoms with Crippen LogP contribution in [-0.4, -0.2) is 39.0 Å². The van der Waals surface area contributed by atoms with E-state index in [0.717, 1.165) is 32.1 Å². The Bertz CT molecular complexity index is 189. The molecule has 3 nitrogen and oxygen atoms in total. The van der Waals surface area contributed by atoms with Gasteiger partial charge in [-0.1, -0.05) is 12.8 Å². The van der Waals surface area contributed by atoms with Gasteiger partial charge in [-0.2, -0.15) is 0 Å². The molecule has 0 bridgehead atoms. The predicted octanol–water partition coefficient (Wildman–Crippen LogP) is 2.60. The van der Waals surface area contributed by atoms with E-state index in [1.54, 1.807) is 7.11 Å². The van der Waals surface area contributed by atoms with E-state index in [1.807, 2.05) is 0 Å². The summed E-state index contributed by atoms with van der Waals surface area (Å²) >= 11 is 0. The summed E-state index contributed by atoms with van der Waals surface area (Å²) in [6.45, 7) is 7.93. The first-order chi connectivity index (χ1) is 8.14. The molecule has 102 valence electrons. The average molecular weight is 243 g/mol. The van der Waals surface area contributed by atoms with Crippen molar-refractivity contribution in [1.29, 1.82) is 0 Å². The Morgan fingerprint density at radius 2 is 1.88 bits per heavy atom. The number of ether oxygens (including phenoxy) is 2. The summed E-state index contributed by atoms with van der Waals surface area (Å²) in [6.07, 6.45) is 6.63. The van der Waals surface area contributed by atoms with Crippen molar-refractivity contribution < 1.29 is 9.47 Å². The topological polar surface area (TPSA) is 30.5 Å². The quantitative estimate of drug-likeness (QED) is 0.631. The van der Waals surface area contributed by atoms with Crippen LogP contribution in [-0.2, 0) is 9.47 Å². The van der Waals surface area contributed by atoms with Gasteiger partial charge in [0.1, 0.15) is 0 Å². The van der Waals surface area contributed by atoms with Crippen LogP contribution in [0.25, 0.3) is 0 Å². The molecular weight excluding hydrogens is 214 g/mol. The minimum Gasteiger partial charge on any atom is -0.380 e. The van der Waals surface area contributed by atoms with Gasteiger partial charge < -0.3 is 14.8 Å². The largest absolute Gasteiger partial charge is 0.380 e. The first-order valence-corrected chi connectivity index (χ1v) is 6.98. The van der Waals surface area contributed by atoms with Gasteiger partial charge in [-0.15, -0.1) is 0 Å². The van der Waals surface area contributed by atoms with Crippen LogP contribution in [0.1, 0.15) is 46.0 Å². The second kappa shape index (κ2) is 8.06. The van der Waals surface area contributed by atoms with Crippen molar-refractivity contribution in [3.8, 4) is 0 Å². The van der Waals surface area contributed by atoms with Gasteiger partial charge in [0.05, 0.1) is 12.2 Å². The zero-order valence-electron chi connectivity index (χ0n) is 11.8. The first kappa shape index (κ1) is 14.9. The van der Waals surface area contributed by atoms with E-state index in [-0.39, 0.29) is 5.60 Å². The highest BCUT2D eigenvalue weighted by Gasteiger charge is 2.15. The molecule has 0 aromatic carbocycles. The Hall–Kier alpha value is -0.120. The van der Waals surface area contributed by atoms with Gasteiger partial charge in [0.25, 0.3) is 0 Å². The Morgan fingerprint density at radius 1 is 1.18 bits per heavy atom. The summed E-state index contributed by atoms with van der Waals surface area (Å²) < 4.78 is 10.9. The molecule has 0 saturated heterocycles. The van der Waals surface area contributed by atoms with E-state index in [9.17, 15) is 0 Å². The van der Waals surface area contributed by atoms with Crippen molar-refractivity contribution in [1.82, 2.24) is 5.32 Å². The van der Waals surface area contributed by atoms with Crippen LogP contribution in [0.5, 0.6) is 0 Å². The molecule has 1 aliphatic rings. The maximum atomic E-state index is 5.59.